The lowest BCUT2D eigenvalue weighted by Gasteiger charge is -2.26. The lowest BCUT2D eigenvalue weighted by atomic mass is 9.80. The number of hydrogen-bond donors (Lipinski definition) is 0. The molecule has 23 heavy (non-hydrogen) atoms. The first-order valence-corrected chi connectivity index (χ1v) is 8.42. The summed E-state index contributed by atoms with van der Waals surface area (Å²) in [7, 11) is 3.23. The van der Waals surface area contributed by atoms with Crippen molar-refractivity contribution in [3.8, 4) is 11.5 Å². The van der Waals surface area contributed by atoms with Crippen molar-refractivity contribution in [2.45, 2.75) is 58.3 Å². The molecule has 0 fully saturated rings. The summed E-state index contributed by atoms with van der Waals surface area (Å²) in [5.74, 6) is 1.52. The Morgan fingerprint density at radius 3 is 1.87 bits per heavy atom. The van der Waals surface area contributed by atoms with Crippen LogP contribution in [0.1, 0.15) is 58.4 Å². The zero-order chi connectivity index (χ0) is 17.1. The minimum Gasteiger partial charge on any atom is -0.467 e. The van der Waals surface area contributed by atoms with Gasteiger partial charge < -0.3 is 18.9 Å². The standard InChI is InChI=1S/C19H32O4/c1-6-7-8-9-10-19(2,3)16-11-17(22-14-20-4)13-18(12-16)23-15-21-5/h11-13H,6-10,14-15H2,1-5H3. The number of unbranched alkanes of at least 4 members (excludes halogenated alkanes) is 3. The van der Waals surface area contributed by atoms with E-state index in [0.29, 0.717) is 0 Å². The Morgan fingerprint density at radius 2 is 1.39 bits per heavy atom. The first-order valence-electron chi connectivity index (χ1n) is 8.42. The molecule has 1 aromatic rings. The third kappa shape index (κ3) is 7.23. The number of ether oxygens (including phenoxy) is 4. The molecule has 0 saturated heterocycles. The van der Waals surface area contributed by atoms with E-state index in [0.717, 1.165) is 17.9 Å². The van der Waals surface area contributed by atoms with Gasteiger partial charge in [-0.25, -0.2) is 0 Å². The van der Waals surface area contributed by atoms with Crippen LogP contribution >= 0.6 is 0 Å². The van der Waals surface area contributed by atoms with Crippen LogP contribution in [0.4, 0.5) is 0 Å². The summed E-state index contributed by atoms with van der Waals surface area (Å²) in [5.41, 5.74) is 1.29. The topological polar surface area (TPSA) is 36.9 Å². The van der Waals surface area contributed by atoms with E-state index in [2.05, 4.69) is 32.9 Å². The van der Waals surface area contributed by atoms with Crippen LogP contribution in [0.25, 0.3) is 0 Å². The van der Waals surface area contributed by atoms with Gasteiger partial charge in [-0.05, 0) is 29.5 Å². The third-order valence-electron chi connectivity index (χ3n) is 4.00. The Labute approximate surface area is 141 Å². The summed E-state index contributed by atoms with van der Waals surface area (Å²) in [5, 5.41) is 0. The van der Waals surface area contributed by atoms with Gasteiger partial charge in [0.05, 0.1) is 0 Å². The number of rotatable bonds is 12. The van der Waals surface area contributed by atoms with Crippen molar-refractivity contribution in [2.75, 3.05) is 27.8 Å². The molecule has 4 heteroatoms. The van der Waals surface area contributed by atoms with Crippen molar-refractivity contribution in [1.82, 2.24) is 0 Å². The van der Waals surface area contributed by atoms with Crippen molar-refractivity contribution >= 4 is 0 Å². The van der Waals surface area contributed by atoms with Gasteiger partial charge in [0, 0.05) is 20.3 Å². The second-order valence-electron chi connectivity index (χ2n) is 6.49. The average Bonchev–Trinajstić information content (AvgIpc) is 2.55. The summed E-state index contributed by atoms with van der Waals surface area (Å²) in [6, 6.07) is 6.03. The molecule has 0 saturated carbocycles. The Morgan fingerprint density at radius 1 is 0.826 bits per heavy atom. The quantitative estimate of drug-likeness (QED) is 0.405. The fraction of sp³-hybridized carbons (Fsp3) is 0.684. The highest BCUT2D eigenvalue weighted by atomic mass is 16.7. The zero-order valence-corrected chi connectivity index (χ0v) is 15.3. The molecule has 132 valence electrons. The van der Waals surface area contributed by atoms with Crippen molar-refractivity contribution in [2.24, 2.45) is 0 Å². The van der Waals surface area contributed by atoms with Crippen LogP contribution in [-0.4, -0.2) is 27.8 Å². The maximum atomic E-state index is 5.61. The first kappa shape index (κ1) is 19.8. The lowest BCUT2D eigenvalue weighted by molar-refractivity contribution is 0.0458. The molecule has 0 bridgehead atoms. The number of hydrogen-bond acceptors (Lipinski definition) is 4. The van der Waals surface area contributed by atoms with Gasteiger partial charge in [-0.15, -0.1) is 0 Å². The Kier molecular flexibility index (Phi) is 9.03. The molecule has 4 nitrogen and oxygen atoms in total. The van der Waals surface area contributed by atoms with Crippen molar-refractivity contribution in [3.05, 3.63) is 23.8 Å². The second kappa shape index (κ2) is 10.5. The number of methoxy groups -OCH3 is 2. The Balaban J connectivity index is 2.87. The minimum atomic E-state index is 0.0748. The molecule has 0 radical (unpaired) electrons. The van der Waals surface area contributed by atoms with Crippen LogP contribution in [0.15, 0.2) is 18.2 Å². The fourth-order valence-corrected chi connectivity index (χ4v) is 2.52. The van der Waals surface area contributed by atoms with E-state index >= 15 is 0 Å². The highest BCUT2D eigenvalue weighted by Crippen LogP contribution is 2.35. The van der Waals surface area contributed by atoms with Crippen molar-refractivity contribution in [1.29, 1.82) is 0 Å². The van der Waals surface area contributed by atoms with E-state index in [1.807, 2.05) is 6.07 Å². The van der Waals surface area contributed by atoms with E-state index in [-0.39, 0.29) is 19.0 Å². The Bertz CT molecular complexity index is 417. The SMILES string of the molecule is CCCCCCC(C)(C)c1cc(OCOC)cc(OCOC)c1. The molecule has 0 aliphatic heterocycles. The molecule has 0 aliphatic rings. The molecule has 0 N–H and O–H groups in total. The molecule has 1 rings (SSSR count). The average molecular weight is 324 g/mol. The normalized spacial score (nSPS) is 11.5. The molecule has 0 unspecified atom stereocenters. The largest absolute Gasteiger partial charge is 0.467 e. The molecule has 0 heterocycles. The van der Waals surface area contributed by atoms with Crippen LogP contribution in [-0.2, 0) is 14.9 Å². The molecular formula is C19H32O4. The molecule has 0 atom stereocenters. The summed E-state index contributed by atoms with van der Waals surface area (Å²) in [6.45, 7) is 7.23. The number of benzene rings is 1. The van der Waals surface area contributed by atoms with Gasteiger partial charge in [-0.3, -0.25) is 0 Å². The van der Waals surface area contributed by atoms with Gasteiger partial charge in [0.25, 0.3) is 0 Å². The predicted molar refractivity (Wildman–Crippen MR) is 93.2 cm³/mol. The van der Waals surface area contributed by atoms with Crippen molar-refractivity contribution < 1.29 is 18.9 Å². The van der Waals surface area contributed by atoms with Crippen LogP contribution in [0.3, 0.4) is 0 Å². The van der Waals surface area contributed by atoms with Crippen LogP contribution in [0.2, 0.25) is 0 Å². The maximum absolute atomic E-state index is 5.61. The molecular weight excluding hydrogens is 292 g/mol. The fourth-order valence-electron chi connectivity index (χ4n) is 2.52. The molecule has 0 amide bonds. The van der Waals surface area contributed by atoms with Gasteiger partial charge in [0.2, 0.25) is 0 Å². The van der Waals surface area contributed by atoms with Gasteiger partial charge in [-0.2, -0.15) is 0 Å². The van der Waals surface area contributed by atoms with Crippen LogP contribution in [0.5, 0.6) is 11.5 Å². The van der Waals surface area contributed by atoms with E-state index in [4.69, 9.17) is 18.9 Å². The molecule has 0 aromatic heterocycles. The second-order valence-corrected chi connectivity index (χ2v) is 6.49. The highest BCUT2D eigenvalue weighted by Gasteiger charge is 2.22. The minimum absolute atomic E-state index is 0.0748. The lowest BCUT2D eigenvalue weighted by Crippen LogP contribution is -2.17. The smallest absolute Gasteiger partial charge is 0.188 e. The van der Waals surface area contributed by atoms with E-state index in [1.54, 1.807) is 14.2 Å². The molecule has 1 aromatic carbocycles. The highest BCUT2D eigenvalue weighted by molar-refractivity contribution is 5.41. The monoisotopic (exact) mass is 324 g/mol. The zero-order valence-electron chi connectivity index (χ0n) is 15.3. The third-order valence-corrected chi connectivity index (χ3v) is 4.00. The molecule has 0 spiro atoms. The van der Waals surface area contributed by atoms with E-state index in [9.17, 15) is 0 Å². The van der Waals surface area contributed by atoms with Gasteiger partial charge in [-0.1, -0.05) is 46.5 Å². The van der Waals surface area contributed by atoms with Crippen LogP contribution in [0, 0.1) is 0 Å². The van der Waals surface area contributed by atoms with Gasteiger partial charge >= 0.3 is 0 Å². The summed E-state index contributed by atoms with van der Waals surface area (Å²) < 4.78 is 21.2. The van der Waals surface area contributed by atoms with E-state index in [1.165, 1.54) is 31.2 Å². The van der Waals surface area contributed by atoms with Crippen molar-refractivity contribution in [3.63, 3.8) is 0 Å². The Hall–Kier alpha value is -1.26. The molecule has 0 aliphatic carbocycles. The van der Waals surface area contributed by atoms with E-state index < -0.39 is 0 Å². The summed E-state index contributed by atoms with van der Waals surface area (Å²) in [6.07, 6.45) is 6.22. The summed E-state index contributed by atoms with van der Waals surface area (Å²) in [4.78, 5) is 0. The predicted octanol–water partition coefficient (Wildman–Crippen LogP) is 4.90. The maximum Gasteiger partial charge on any atom is 0.188 e. The van der Waals surface area contributed by atoms with Crippen LogP contribution < -0.4 is 9.47 Å². The van der Waals surface area contributed by atoms with Gasteiger partial charge in [0.15, 0.2) is 13.6 Å². The first-order chi connectivity index (χ1) is 11.0. The summed E-state index contributed by atoms with van der Waals surface area (Å²) >= 11 is 0. The van der Waals surface area contributed by atoms with Gasteiger partial charge in [0.1, 0.15) is 11.5 Å².